The van der Waals surface area contributed by atoms with Gasteiger partial charge in [0.1, 0.15) is 0 Å². The molecule has 0 N–H and O–H groups in total. The summed E-state index contributed by atoms with van der Waals surface area (Å²) in [6.45, 7) is 9.45. The Morgan fingerprint density at radius 2 is 0.566 bits per heavy atom. The monoisotopic (exact) mass is 1270 g/mol. The average Bonchev–Trinajstić information content (AvgIpc) is 1.56. The maximum absolute atomic E-state index is 4.94. The first kappa shape index (κ1) is 59.0. The van der Waals surface area contributed by atoms with Crippen LogP contribution < -0.4 is 4.90 Å². The molecule has 0 amide bonds. The predicted molar refractivity (Wildman–Crippen MR) is 412 cm³/mol. The summed E-state index contributed by atoms with van der Waals surface area (Å²) in [7, 11) is 0. The first-order chi connectivity index (χ1) is 48.6. The molecule has 0 radical (unpaired) electrons. The number of rotatable bonds is 10. The van der Waals surface area contributed by atoms with E-state index < -0.39 is 0 Å². The molecule has 0 saturated carbocycles. The molecule has 17 aromatic rings. The van der Waals surface area contributed by atoms with Crippen LogP contribution in [0.2, 0.25) is 0 Å². The number of hydrogen-bond acceptors (Lipinski definition) is 4. The lowest BCUT2D eigenvalue weighted by atomic mass is 9.82. The zero-order chi connectivity index (χ0) is 66.3. The van der Waals surface area contributed by atoms with Gasteiger partial charge in [-0.15, -0.1) is 0 Å². The number of hydrogen-bond donors (Lipinski definition) is 0. The molecule has 6 nitrogen and oxygen atoms in total. The van der Waals surface area contributed by atoms with Crippen LogP contribution in [0.4, 0.5) is 17.1 Å². The topological polar surface area (TPSA) is 51.8 Å². The number of aromatic nitrogens is 5. The number of fused-ring (bicyclic) bond motifs is 12. The van der Waals surface area contributed by atoms with E-state index in [4.69, 9.17) is 15.0 Å². The minimum atomic E-state index is -0.202. The molecule has 0 bridgehead atoms. The molecule has 470 valence electrons. The van der Waals surface area contributed by atoms with Crippen molar-refractivity contribution in [1.82, 2.24) is 24.1 Å². The largest absolute Gasteiger partial charge is 0.310 e. The van der Waals surface area contributed by atoms with Gasteiger partial charge >= 0.3 is 0 Å². The molecule has 0 fully saturated rings. The van der Waals surface area contributed by atoms with Gasteiger partial charge in [0.2, 0.25) is 0 Å². The quantitative estimate of drug-likeness (QED) is 0.137. The van der Waals surface area contributed by atoms with Gasteiger partial charge in [0.15, 0.2) is 17.5 Å². The van der Waals surface area contributed by atoms with Gasteiger partial charge in [0.25, 0.3) is 0 Å². The second-order valence-corrected chi connectivity index (χ2v) is 27.1. The van der Waals surface area contributed by atoms with Crippen molar-refractivity contribution in [3.05, 3.63) is 362 Å². The molecule has 0 saturated heterocycles. The van der Waals surface area contributed by atoms with Crippen molar-refractivity contribution in [3.63, 3.8) is 0 Å². The Labute approximate surface area is 576 Å². The molecule has 3 heterocycles. The van der Waals surface area contributed by atoms with E-state index in [0.717, 1.165) is 39.4 Å². The first-order valence-corrected chi connectivity index (χ1v) is 34.2. The van der Waals surface area contributed by atoms with Crippen LogP contribution in [0.3, 0.4) is 0 Å². The van der Waals surface area contributed by atoms with Crippen molar-refractivity contribution < 1.29 is 0 Å². The third-order valence-electron chi connectivity index (χ3n) is 20.6. The van der Waals surface area contributed by atoms with Gasteiger partial charge < -0.3 is 14.0 Å². The summed E-state index contributed by atoms with van der Waals surface area (Å²) in [5.74, 6) is 1.97. The Bertz CT molecular complexity index is 5780. The van der Waals surface area contributed by atoms with Crippen molar-refractivity contribution in [3.8, 4) is 90.0 Å². The minimum Gasteiger partial charge on any atom is -0.310 e. The van der Waals surface area contributed by atoms with Crippen molar-refractivity contribution >= 4 is 60.7 Å². The number of para-hydroxylation sites is 3. The smallest absolute Gasteiger partial charge is 0.164 e. The molecular formula is C93H68N6. The lowest BCUT2D eigenvalue weighted by molar-refractivity contribution is 0.661. The van der Waals surface area contributed by atoms with E-state index in [1.54, 1.807) is 0 Å². The third kappa shape index (κ3) is 10.1. The van der Waals surface area contributed by atoms with E-state index in [9.17, 15) is 0 Å². The Kier molecular flexibility index (Phi) is 14.1. The van der Waals surface area contributed by atoms with Crippen LogP contribution in [0.15, 0.2) is 340 Å². The average molecular weight is 1270 g/mol. The van der Waals surface area contributed by atoms with Crippen molar-refractivity contribution in [2.45, 2.75) is 38.5 Å². The molecule has 0 spiro atoms. The lowest BCUT2D eigenvalue weighted by Gasteiger charge is -2.28. The Morgan fingerprint density at radius 3 is 1.04 bits per heavy atom. The van der Waals surface area contributed by atoms with E-state index in [1.165, 1.54) is 116 Å². The number of anilines is 3. The molecule has 0 unspecified atom stereocenters. The number of nitrogens with zero attached hydrogens (tertiary/aromatic N) is 6. The fourth-order valence-corrected chi connectivity index (χ4v) is 15.6. The molecule has 3 aromatic heterocycles. The Balaban J connectivity index is 0.000000144. The van der Waals surface area contributed by atoms with Crippen LogP contribution in [-0.2, 0) is 10.8 Å². The van der Waals surface area contributed by atoms with Gasteiger partial charge in [-0.1, -0.05) is 258 Å². The molecule has 0 atom stereocenters. The van der Waals surface area contributed by atoms with Crippen LogP contribution in [-0.4, -0.2) is 24.1 Å². The third-order valence-corrected chi connectivity index (χ3v) is 20.6. The highest BCUT2D eigenvalue weighted by atomic mass is 15.1. The highest BCUT2D eigenvalue weighted by molar-refractivity contribution is 6.13. The first-order valence-electron chi connectivity index (χ1n) is 34.2. The molecule has 14 aromatic carbocycles. The van der Waals surface area contributed by atoms with Crippen LogP contribution in [0.25, 0.3) is 134 Å². The van der Waals surface area contributed by atoms with Crippen LogP contribution in [0, 0.1) is 0 Å². The SMILES string of the molecule is CC1(C)c2cc(N(c3ccc(-c4ccccc4)cc3)c3ccc(-c4ccccc4)cc3)ccc2-c2cc3c4ccccc4n(-c4ccccc4)c3cc21.CC1(C)c2ccccc2-c2cc3c4ccccc4n(-c4ccc(-c5nc(-c6ccccc6)nc(-c6ccccc6)n5)cc4)c3cc21. The van der Waals surface area contributed by atoms with Gasteiger partial charge in [0.05, 0.1) is 22.1 Å². The molecule has 2 aliphatic rings. The van der Waals surface area contributed by atoms with Gasteiger partial charge in [0, 0.05) is 77.5 Å². The van der Waals surface area contributed by atoms with E-state index in [0.29, 0.717) is 17.5 Å². The Hall–Kier alpha value is -12.5. The summed E-state index contributed by atoms with van der Waals surface area (Å²) in [6.07, 6.45) is 0. The number of benzene rings is 14. The summed E-state index contributed by atoms with van der Waals surface area (Å²) in [4.78, 5) is 17.1. The second-order valence-electron chi connectivity index (χ2n) is 27.1. The van der Waals surface area contributed by atoms with Crippen molar-refractivity contribution in [1.29, 1.82) is 0 Å². The second kappa shape index (κ2) is 23.7. The maximum Gasteiger partial charge on any atom is 0.164 e. The summed E-state index contributed by atoms with van der Waals surface area (Å²) in [5.41, 5.74) is 28.8. The summed E-state index contributed by atoms with van der Waals surface area (Å²) >= 11 is 0. The molecule has 19 rings (SSSR count). The zero-order valence-corrected chi connectivity index (χ0v) is 55.5. The fraction of sp³-hybridized carbons (Fsp3) is 0.0645. The van der Waals surface area contributed by atoms with Gasteiger partial charge in [-0.05, 0) is 176 Å². The van der Waals surface area contributed by atoms with Gasteiger partial charge in [-0.2, -0.15) is 0 Å². The maximum atomic E-state index is 4.94. The lowest BCUT2D eigenvalue weighted by Crippen LogP contribution is -2.16. The highest BCUT2D eigenvalue weighted by Gasteiger charge is 2.38. The normalized spacial score (nSPS) is 13.0. The Morgan fingerprint density at radius 1 is 0.232 bits per heavy atom. The van der Waals surface area contributed by atoms with E-state index >= 15 is 0 Å². The summed E-state index contributed by atoms with van der Waals surface area (Å²) < 4.78 is 4.82. The minimum absolute atomic E-state index is 0.0726. The van der Waals surface area contributed by atoms with Crippen LogP contribution in [0.1, 0.15) is 49.9 Å². The summed E-state index contributed by atoms with van der Waals surface area (Å²) in [6, 6.07) is 122. The van der Waals surface area contributed by atoms with Gasteiger partial charge in [-0.3, -0.25) is 0 Å². The van der Waals surface area contributed by atoms with Crippen molar-refractivity contribution in [2.24, 2.45) is 0 Å². The fourth-order valence-electron chi connectivity index (χ4n) is 15.6. The molecule has 2 aliphatic carbocycles. The molecular weight excluding hydrogens is 1200 g/mol. The molecule has 6 heteroatoms. The van der Waals surface area contributed by atoms with Crippen LogP contribution in [0.5, 0.6) is 0 Å². The van der Waals surface area contributed by atoms with Gasteiger partial charge in [-0.25, -0.2) is 15.0 Å². The van der Waals surface area contributed by atoms with E-state index in [2.05, 4.69) is 321 Å². The van der Waals surface area contributed by atoms with Crippen LogP contribution >= 0.6 is 0 Å². The van der Waals surface area contributed by atoms with E-state index in [-0.39, 0.29) is 10.8 Å². The predicted octanol–water partition coefficient (Wildman–Crippen LogP) is 24.2. The molecule has 99 heavy (non-hydrogen) atoms. The summed E-state index contributed by atoms with van der Waals surface area (Å²) in [5, 5.41) is 5.09. The van der Waals surface area contributed by atoms with E-state index in [1.807, 2.05) is 60.7 Å². The zero-order valence-electron chi connectivity index (χ0n) is 55.5. The van der Waals surface area contributed by atoms with Crippen molar-refractivity contribution in [2.75, 3.05) is 4.90 Å². The molecule has 0 aliphatic heterocycles. The highest BCUT2D eigenvalue weighted by Crippen LogP contribution is 2.54. The standard InChI is InChI=1S/C51H38N2.C42H30N4/c1-51(2)47-32-42(30-31-43(47)45-33-46-44-20-12-13-21-49(44)53(50(46)34-48(45)51)39-18-10-5-11-19-39)52(40-26-22-37(23-27-40)35-14-6-3-7-15-35)41-28-24-38(25-29-41)36-16-8-4-9-17-36;1-42(2)35-19-11-9-17-31(35)33-25-34-32-18-10-12-20-37(32)46(38(34)26-36(33)42)30-23-21-29(22-24-30)41-44-39(27-13-5-3-6-14-27)43-40(45-41)28-15-7-4-8-16-28/h3-34H,1-2H3;3-26H,1-2H3.